The lowest BCUT2D eigenvalue weighted by Crippen LogP contribution is -2.55. The first-order valence-corrected chi connectivity index (χ1v) is 8.69. The van der Waals surface area contributed by atoms with Crippen molar-refractivity contribution in [1.82, 2.24) is 14.8 Å². The van der Waals surface area contributed by atoms with Crippen molar-refractivity contribution in [1.29, 1.82) is 0 Å². The van der Waals surface area contributed by atoms with Gasteiger partial charge >= 0.3 is 0 Å². The molecule has 0 radical (unpaired) electrons. The summed E-state index contributed by atoms with van der Waals surface area (Å²) >= 11 is 0. The van der Waals surface area contributed by atoms with Gasteiger partial charge in [0.15, 0.2) is 0 Å². The van der Waals surface area contributed by atoms with Crippen molar-refractivity contribution in [3.05, 3.63) is 30.1 Å². The third-order valence-corrected chi connectivity index (χ3v) is 6.26. The van der Waals surface area contributed by atoms with Crippen LogP contribution in [0.5, 0.6) is 0 Å². The van der Waals surface area contributed by atoms with Crippen LogP contribution in [0.4, 0.5) is 0 Å². The number of rotatable bonds is 2. The second-order valence-electron chi connectivity index (χ2n) is 7.15. The van der Waals surface area contributed by atoms with Crippen molar-refractivity contribution < 1.29 is 9.53 Å². The van der Waals surface area contributed by atoms with Crippen molar-refractivity contribution in [2.45, 2.75) is 43.2 Å². The van der Waals surface area contributed by atoms with Crippen molar-refractivity contribution in [2.24, 2.45) is 0 Å². The van der Waals surface area contributed by atoms with Gasteiger partial charge in [0, 0.05) is 57.5 Å². The Bertz CT molecular complexity index is 563. The van der Waals surface area contributed by atoms with Gasteiger partial charge in [0.05, 0.1) is 12.1 Å². The molecule has 3 aliphatic heterocycles. The zero-order valence-electron chi connectivity index (χ0n) is 13.8. The van der Waals surface area contributed by atoms with Crippen LogP contribution in [0.2, 0.25) is 0 Å². The van der Waals surface area contributed by atoms with Gasteiger partial charge in [-0.25, -0.2) is 0 Å². The lowest BCUT2D eigenvalue weighted by Gasteiger charge is -2.48. The molecule has 3 aliphatic rings. The van der Waals surface area contributed by atoms with Gasteiger partial charge in [-0.05, 0) is 37.0 Å². The molecule has 1 aromatic heterocycles. The lowest BCUT2D eigenvalue weighted by molar-refractivity contribution is -0.130. The summed E-state index contributed by atoms with van der Waals surface area (Å²) in [6.07, 6.45) is 7.58. The van der Waals surface area contributed by atoms with Crippen LogP contribution in [-0.4, -0.2) is 65.6 Å². The summed E-state index contributed by atoms with van der Waals surface area (Å²) in [5.74, 6) is 0.578. The fourth-order valence-corrected chi connectivity index (χ4v) is 4.78. The third-order valence-electron chi connectivity index (χ3n) is 6.26. The second kappa shape index (κ2) is 5.87. The Morgan fingerprint density at radius 3 is 2.65 bits per heavy atom. The molecule has 0 aromatic carbocycles. The number of ether oxygens (including phenoxy) is 1. The molecule has 1 spiro atoms. The maximum atomic E-state index is 12.4. The minimum Gasteiger partial charge on any atom is -0.380 e. The number of aromatic nitrogens is 1. The van der Waals surface area contributed by atoms with Crippen molar-refractivity contribution in [3.63, 3.8) is 0 Å². The van der Waals surface area contributed by atoms with Gasteiger partial charge in [0.2, 0.25) is 5.91 Å². The van der Waals surface area contributed by atoms with E-state index in [1.807, 2.05) is 24.3 Å². The Hall–Kier alpha value is -1.46. The molecule has 2 atom stereocenters. The molecule has 1 aromatic rings. The molecule has 3 fully saturated rings. The van der Waals surface area contributed by atoms with Crippen LogP contribution < -0.4 is 0 Å². The minimum atomic E-state index is -0.0194. The average Bonchev–Trinajstić information content (AvgIpc) is 3.21. The standard InChI is InChI=1S/C18H25N3O2/c1-20-17(22)12-16(14-2-7-19-8-3-14)18(20)5-9-21(10-6-18)15-4-11-23-13-15/h2-3,7-8,15-16H,4-6,9-13H2,1H3. The van der Waals surface area contributed by atoms with E-state index >= 15 is 0 Å². The summed E-state index contributed by atoms with van der Waals surface area (Å²) in [4.78, 5) is 21.2. The van der Waals surface area contributed by atoms with Crippen molar-refractivity contribution >= 4 is 5.91 Å². The Morgan fingerprint density at radius 2 is 2.00 bits per heavy atom. The van der Waals surface area contributed by atoms with Gasteiger partial charge < -0.3 is 9.64 Å². The highest BCUT2D eigenvalue weighted by Crippen LogP contribution is 2.48. The number of likely N-dealkylation sites (tertiary alicyclic amines) is 2. The van der Waals surface area contributed by atoms with E-state index < -0.39 is 0 Å². The number of hydrogen-bond acceptors (Lipinski definition) is 4. The van der Waals surface area contributed by atoms with Crippen LogP contribution in [0, 0.1) is 0 Å². The maximum Gasteiger partial charge on any atom is 0.223 e. The first kappa shape index (κ1) is 15.1. The van der Waals surface area contributed by atoms with Gasteiger partial charge in [0.1, 0.15) is 0 Å². The summed E-state index contributed by atoms with van der Waals surface area (Å²) < 4.78 is 5.54. The molecule has 5 nitrogen and oxygen atoms in total. The molecule has 0 aliphatic carbocycles. The number of nitrogens with zero attached hydrogens (tertiary/aromatic N) is 3. The van der Waals surface area contributed by atoms with Crippen LogP contribution in [0.1, 0.15) is 37.2 Å². The minimum absolute atomic E-state index is 0.0194. The van der Waals surface area contributed by atoms with E-state index in [0.717, 1.165) is 45.6 Å². The maximum absolute atomic E-state index is 12.4. The van der Waals surface area contributed by atoms with Crippen LogP contribution in [0.25, 0.3) is 0 Å². The number of carbonyl (C=O) groups excluding carboxylic acids is 1. The van der Waals surface area contributed by atoms with Gasteiger partial charge in [-0.15, -0.1) is 0 Å². The summed E-state index contributed by atoms with van der Waals surface area (Å²) in [5, 5.41) is 0. The number of amides is 1. The van der Waals surface area contributed by atoms with Crippen molar-refractivity contribution in [2.75, 3.05) is 33.4 Å². The summed E-state index contributed by atoms with van der Waals surface area (Å²) in [6.45, 7) is 3.89. The fourth-order valence-electron chi connectivity index (χ4n) is 4.78. The molecule has 124 valence electrons. The van der Waals surface area contributed by atoms with Crippen LogP contribution >= 0.6 is 0 Å². The lowest BCUT2D eigenvalue weighted by atomic mass is 9.73. The second-order valence-corrected chi connectivity index (χ2v) is 7.15. The molecule has 0 N–H and O–H groups in total. The Kier molecular flexibility index (Phi) is 3.85. The van der Waals surface area contributed by atoms with Gasteiger partial charge in [-0.2, -0.15) is 0 Å². The number of pyridine rings is 1. The highest BCUT2D eigenvalue weighted by molar-refractivity contribution is 5.81. The molecule has 3 saturated heterocycles. The van der Waals surface area contributed by atoms with Crippen LogP contribution in [0.3, 0.4) is 0 Å². The molecule has 4 rings (SSSR count). The van der Waals surface area contributed by atoms with E-state index in [9.17, 15) is 4.79 Å². The number of hydrogen-bond donors (Lipinski definition) is 0. The molecule has 2 unspecified atom stereocenters. The summed E-state index contributed by atoms with van der Waals surface area (Å²) in [6, 6.07) is 4.74. The average molecular weight is 315 g/mol. The molecule has 4 heterocycles. The van der Waals surface area contributed by atoms with E-state index in [-0.39, 0.29) is 11.4 Å². The zero-order chi connectivity index (χ0) is 15.9. The normalized spacial score (nSPS) is 31.2. The Labute approximate surface area is 137 Å². The van der Waals surface area contributed by atoms with E-state index in [1.165, 1.54) is 5.56 Å². The third kappa shape index (κ3) is 2.46. The molecule has 0 bridgehead atoms. The van der Waals surface area contributed by atoms with Gasteiger partial charge in [-0.1, -0.05) is 0 Å². The van der Waals surface area contributed by atoms with Gasteiger partial charge in [-0.3, -0.25) is 14.7 Å². The first-order chi connectivity index (χ1) is 11.2. The highest BCUT2D eigenvalue weighted by Gasteiger charge is 2.53. The SMILES string of the molecule is CN1C(=O)CC(c2ccncc2)C12CCN(C1CCOC1)CC2. The monoisotopic (exact) mass is 315 g/mol. The van der Waals surface area contributed by atoms with E-state index in [4.69, 9.17) is 4.74 Å². The smallest absolute Gasteiger partial charge is 0.223 e. The Balaban J connectivity index is 1.56. The van der Waals surface area contributed by atoms with Crippen LogP contribution in [0.15, 0.2) is 24.5 Å². The highest BCUT2D eigenvalue weighted by atomic mass is 16.5. The molecular formula is C18H25N3O2. The molecular weight excluding hydrogens is 290 g/mol. The summed E-state index contributed by atoms with van der Waals surface area (Å²) in [5.41, 5.74) is 1.24. The predicted octanol–water partition coefficient (Wildman–Crippen LogP) is 1.65. The van der Waals surface area contributed by atoms with Crippen molar-refractivity contribution in [3.8, 4) is 0 Å². The Morgan fingerprint density at radius 1 is 1.26 bits per heavy atom. The molecule has 0 saturated carbocycles. The van der Waals surface area contributed by atoms with Crippen LogP contribution in [-0.2, 0) is 9.53 Å². The number of piperidine rings is 1. The number of carbonyl (C=O) groups is 1. The van der Waals surface area contributed by atoms with E-state index in [1.54, 1.807) is 0 Å². The largest absolute Gasteiger partial charge is 0.380 e. The molecule has 1 amide bonds. The summed E-state index contributed by atoms with van der Waals surface area (Å²) in [7, 11) is 2.00. The predicted molar refractivity (Wildman–Crippen MR) is 87.1 cm³/mol. The quantitative estimate of drug-likeness (QED) is 0.832. The number of likely N-dealkylation sites (N-methyl/N-ethyl adjacent to an activating group) is 1. The topological polar surface area (TPSA) is 45.7 Å². The molecule has 5 heteroatoms. The van der Waals surface area contributed by atoms with E-state index in [2.05, 4.69) is 22.0 Å². The van der Waals surface area contributed by atoms with Gasteiger partial charge in [0.25, 0.3) is 0 Å². The fraction of sp³-hybridized carbons (Fsp3) is 0.667. The molecule has 23 heavy (non-hydrogen) atoms. The zero-order valence-corrected chi connectivity index (χ0v) is 13.8. The first-order valence-electron chi connectivity index (χ1n) is 8.69. The van der Waals surface area contributed by atoms with E-state index in [0.29, 0.717) is 18.4 Å².